The van der Waals surface area contributed by atoms with Gasteiger partial charge in [-0.15, -0.1) is 5.10 Å². The summed E-state index contributed by atoms with van der Waals surface area (Å²) in [5.41, 5.74) is 0.0828. The van der Waals surface area contributed by atoms with E-state index in [1.165, 1.54) is 29.1 Å². The van der Waals surface area contributed by atoms with Crippen molar-refractivity contribution in [1.29, 1.82) is 0 Å². The molecule has 0 N–H and O–H groups in total. The summed E-state index contributed by atoms with van der Waals surface area (Å²) in [6.45, 7) is 8.26. The minimum atomic E-state index is -0.644. The number of nitrogens with zero attached hydrogens (tertiary/aromatic N) is 5. The molecule has 158 valence electrons. The van der Waals surface area contributed by atoms with Crippen molar-refractivity contribution in [2.75, 3.05) is 33.2 Å². The zero-order chi connectivity index (χ0) is 21.0. The van der Waals surface area contributed by atoms with Crippen molar-refractivity contribution >= 4 is 5.91 Å². The summed E-state index contributed by atoms with van der Waals surface area (Å²) in [7, 11) is 1.76. The molecule has 0 bridgehead atoms. The largest absolute Gasteiger partial charge is 0.340 e. The number of rotatable bonds is 7. The summed E-state index contributed by atoms with van der Waals surface area (Å²) in [4.78, 5) is 16.8. The van der Waals surface area contributed by atoms with Gasteiger partial charge in [0.05, 0.1) is 12.7 Å². The van der Waals surface area contributed by atoms with E-state index in [-0.39, 0.29) is 23.7 Å². The Labute approximate surface area is 170 Å². The molecule has 1 aromatic heterocycles. The third-order valence-electron chi connectivity index (χ3n) is 5.35. The van der Waals surface area contributed by atoms with Gasteiger partial charge in [0.1, 0.15) is 11.6 Å². The van der Waals surface area contributed by atoms with Crippen LogP contribution in [0.25, 0.3) is 0 Å². The second kappa shape index (κ2) is 9.43. The Morgan fingerprint density at radius 3 is 2.52 bits per heavy atom. The number of piperidine rings is 1. The predicted molar refractivity (Wildman–Crippen MR) is 106 cm³/mol. The molecule has 1 aliphatic heterocycles. The molecule has 1 saturated heterocycles. The zero-order valence-corrected chi connectivity index (χ0v) is 17.3. The number of hydrogen-bond acceptors (Lipinski definition) is 4. The predicted octanol–water partition coefficient (Wildman–Crippen LogP) is 3.04. The second-order valence-corrected chi connectivity index (χ2v) is 8.33. The molecule has 1 fully saturated rings. The van der Waals surface area contributed by atoms with Gasteiger partial charge in [0.25, 0.3) is 5.91 Å². The Morgan fingerprint density at radius 2 is 1.90 bits per heavy atom. The molecule has 0 atom stereocenters. The van der Waals surface area contributed by atoms with Crippen LogP contribution in [0.15, 0.2) is 24.4 Å². The number of aromatic nitrogens is 3. The maximum Gasteiger partial charge on any atom is 0.275 e. The first-order valence-electron chi connectivity index (χ1n) is 10.1. The van der Waals surface area contributed by atoms with E-state index in [0.29, 0.717) is 18.4 Å². The number of hydrogen-bond donors (Lipinski definition) is 0. The normalized spacial score (nSPS) is 15.8. The zero-order valence-electron chi connectivity index (χ0n) is 17.3. The maximum absolute atomic E-state index is 13.8. The van der Waals surface area contributed by atoms with Gasteiger partial charge < -0.3 is 9.80 Å². The lowest BCUT2D eigenvalue weighted by Crippen LogP contribution is -2.40. The number of carbonyl (C=O) groups excluding carboxylic acids is 1. The maximum atomic E-state index is 13.8. The minimum absolute atomic E-state index is 0.0992. The number of halogens is 2. The first-order valence-corrected chi connectivity index (χ1v) is 10.1. The summed E-state index contributed by atoms with van der Waals surface area (Å²) in [6, 6.07) is 3.70. The molecule has 0 aliphatic carbocycles. The van der Waals surface area contributed by atoms with E-state index in [4.69, 9.17) is 0 Å². The second-order valence-electron chi connectivity index (χ2n) is 8.33. The van der Waals surface area contributed by atoms with Crippen LogP contribution in [0.2, 0.25) is 0 Å². The van der Waals surface area contributed by atoms with Gasteiger partial charge in [0.15, 0.2) is 5.69 Å². The molecule has 6 nitrogen and oxygen atoms in total. The molecule has 3 rings (SSSR count). The summed E-state index contributed by atoms with van der Waals surface area (Å²) in [6.07, 6.45) is 3.59. The van der Waals surface area contributed by atoms with Crippen LogP contribution in [0.1, 0.15) is 42.7 Å². The minimum Gasteiger partial charge on any atom is -0.340 e. The average Bonchev–Trinajstić information content (AvgIpc) is 3.14. The molecule has 2 aromatic rings. The van der Waals surface area contributed by atoms with Crippen molar-refractivity contribution in [3.8, 4) is 0 Å². The highest BCUT2D eigenvalue weighted by Gasteiger charge is 2.24. The molecule has 0 saturated carbocycles. The smallest absolute Gasteiger partial charge is 0.275 e. The van der Waals surface area contributed by atoms with Gasteiger partial charge in [0.2, 0.25) is 0 Å². The van der Waals surface area contributed by atoms with Crippen LogP contribution in [0.5, 0.6) is 0 Å². The monoisotopic (exact) mass is 405 g/mol. The summed E-state index contributed by atoms with van der Waals surface area (Å²) in [5, 5.41) is 7.76. The van der Waals surface area contributed by atoms with Gasteiger partial charge >= 0.3 is 0 Å². The average molecular weight is 405 g/mol. The van der Waals surface area contributed by atoms with E-state index >= 15 is 0 Å². The molecule has 1 amide bonds. The SMILES string of the molecule is CC(C)CN1CCC(CN(C)C(=O)c2cn(Cc3c(F)cccc3F)nn2)CC1. The Hall–Kier alpha value is -2.35. The van der Waals surface area contributed by atoms with Crippen LogP contribution in [-0.4, -0.2) is 63.9 Å². The van der Waals surface area contributed by atoms with Gasteiger partial charge in [-0.1, -0.05) is 25.1 Å². The number of carbonyl (C=O) groups is 1. The highest BCUT2D eigenvalue weighted by molar-refractivity contribution is 5.91. The fourth-order valence-electron chi connectivity index (χ4n) is 3.85. The first-order chi connectivity index (χ1) is 13.8. The van der Waals surface area contributed by atoms with Crippen molar-refractivity contribution in [2.24, 2.45) is 11.8 Å². The van der Waals surface area contributed by atoms with E-state index in [0.717, 1.165) is 32.5 Å². The van der Waals surface area contributed by atoms with Crippen molar-refractivity contribution in [3.63, 3.8) is 0 Å². The fourth-order valence-corrected chi connectivity index (χ4v) is 3.85. The van der Waals surface area contributed by atoms with E-state index in [1.807, 2.05) is 0 Å². The number of likely N-dealkylation sites (tertiary alicyclic amines) is 1. The van der Waals surface area contributed by atoms with Gasteiger partial charge in [-0.25, -0.2) is 13.5 Å². The summed E-state index contributed by atoms with van der Waals surface area (Å²) < 4.78 is 28.9. The third kappa shape index (κ3) is 5.59. The molecule has 29 heavy (non-hydrogen) atoms. The lowest BCUT2D eigenvalue weighted by molar-refractivity contribution is 0.0730. The summed E-state index contributed by atoms with van der Waals surface area (Å²) in [5.74, 6) is -0.385. The Balaban J connectivity index is 1.54. The molecule has 0 unspecified atom stereocenters. The van der Waals surface area contributed by atoms with Crippen LogP contribution in [0, 0.1) is 23.5 Å². The standard InChI is InChI=1S/C21H29F2N5O/c1-15(2)11-27-9-7-16(8-10-27)12-26(3)21(29)20-14-28(25-24-20)13-17-18(22)5-4-6-19(17)23/h4-6,14-16H,7-13H2,1-3H3. The van der Waals surface area contributed by atoms with Crippen molar-refractivity contribution < 1.29 is 13.6 Å². The quantitative estimate of drug-likeness (QED) is 0.711. The van der Waals surface area contributed by atoms with Crippen LogP contribution in [0.3, 0.4) is 0 Å². The van der Waals surface area contributed by atoms with E-state index in [1.54, 1.807) is 11.9 Å². The Kier molecular flexibility index (Phi) is 6.95. The highest BCUT2D eigenvalue weighted by atomic mass is 19.1. The van der Waals surface area contributed by atoms with Crippen LogP contribution >= 0.6 is 0 Å². The molecular formula is C21H29F2N5O. The Morgan fingerprint density at radius 1 is 1.24 bits per heavy atom. The van der Waals surface area contributed by atoms with E-state index < -0.39 is 11.6 Å². The molecule has 0 spiro atoms. The van der Waals surface area contributed by atoms with E-state index in [9.17, 15) is 13.6 Å². The van der Waals surface area contributed by atoms with Gasteiger partial charge in [-0.05, 0) is 49.9 Å². The highest BCUT2D eigenvalue weighted by Crippen LogP contribution is 2.20. The van der Waals surface area contributed by atoms with Crippen molar-refractivity contribution in [3.05, 3.63) is 47.3 Å². The van der Waals surface area contributed by atoms with Gasteiger partial charge in [-0.3, -0.25) is 4.79 Å². The van der Waals surface area contributed by atoms with E-state index in [2.05, 4.69) is 29.1 Å². The first kappa shape index (κ1) is 21.4. The molecule has 0 radical (unpaired) electrons. The van der Waals surface area contributed by atoms with Crippen LogP contribution < -0.4 is 0 Å². The van der Waals surface area contributed by atoms with Crippen molar-refractivity contribution in [2.45, 2.75) is 33.2 Å². The molecule has 1 aliphatic rings. The van der Waals surface area contributed by atoms with Crippen LogP contribution in [0.4, 0.5) is 8.78 Å². The molecule has 1 aromatic carbocycles. The van der Waals surface area contributed by atoms with Gasteiger partial charge in [-0.2, -0.15) is 0 Å². The fraction of sp³-hybridized carbons (Fsp3) is 0.571. The lowest BCUT2D eigenvalue weighted by Gasteiger charge is -2.34. The number of amides is 1. The van der Waals surface area contributed by atoms with Crippen molar-refractivity contribution in [1.82, 2.24) is 24.8 Å². The Bertz CT molecular complexity index is 810. The molecule has 2 heterocycles. The molecule has 8 heteroatoms. The van der Waals surface area contributed by atoms with Crippen LogP contribution in [-0.2, 0) is 6.54 Å². The number of benzene rings is 1. The lowest BCUT2D eigenvalue weighted by atomic mass is 9.95. The van der Waals surface area contributed by atoms with Gasteiger partial charge in [0, 0.05) is 25.7 Å². The topological polar surface area (TPSA) is 54.3 Å². The third-order valence-corrected chi connectivity index (χ3v) is 5.35. The molecular weight excluding hydrogens is 376 g/mol. The summed E-state index contributed by atoms with van der Waals surface area (Å²) >= 11 is 0.